The van der Waals surface area contributed by atoms with Crippen LogP contribution >= 0.6 is 0 Å². The highest BCUT2D eigenvalue weighted by Crippen LogP contribution is 2.35. The summed E-state index contributed by atoms with van der Waals surface area (Å²) in [7, 11) is 0. The second kappa shape index (κ2) is 9.47. The molecular formula is C35H22N6. The normalized spacial score (nSPS) is 11.4. The Morgan fingerprint density at radius 2 is 1.20 bits per heavy atom. The van der Waals surface area contributed by atoms with E-state index in [1.165, 1.54) is 0 Å². The third-order valence-corrected chi connectivity index (χ3v) is 7.29. The van der Waals surface area contributed by atoms with Gasteiger partial charge in [-0.2, -0.15) is 0 Å². The van der Waals surface area contributed by atoms with Crippen molar-refractivity contribution >= 4 is 27.6 Å². The van der Waals surface area contributed by atoms with Gasteiger partial charge in [0.2, 0.25) is 0 Å². The maximum absolute atomic E-state index is 5.17. The summed E-state index contributed by atoms with van der Waals surface area (Å²) in [6, 6.07) is 38.7. The summed E-state index contributed by atoms with van der Waals surface area (Å²) < 4.78 is 2.13. The minimum Gasteiger partial charge on any atom is -0.298 e. The third kappa shape index (κ3) is 4.01. The zero-order chi connectivity index (χ0) is 27.2. The van der Waals surface area contributed by atoms with Crippen molar-refractivity contribution in [1.82, 2.24) is 29.3 Å². The van der Waals surface area contributed by atoms with Gasteiger partial charge in [0.1, 0.15) is 11.2 Å². The molecule has 0 bridgehead atoms. The van der Waals surface area contributed by atoms with Crippen molar-refractivity contribution in [3.8, 4) is 45.2 Å². The number of fused-ring (bicyclic) bond motifs is 5. The summed E-state index contributed by atoms with van der Waals surface area (Å²) in [5.41, 5.74) is 10.9. The SMILES string of the molecule is c1ccc(-c2cc(-c3cccc(-c4nc5ccccc5c5nc6ccccn6c45)c3)cc(-c3ccccn3)n2)nc1. The lowest BCUT2D eigenvalue weighted by atomic mass is 9.98. The standard InChI is InChI=1S/C35H22N6/c1-2-13-27-26(12-1)34-35(41-19-8-5-16-32(41)40-34)33(39-27)24-11-9-10-23(20-24)25-21-30(28-14-3-6-17-36-28)38-31(22-25)29-15-4-7-18-37-29/h1-22H. The zero-order valence-electron chi connectivity index (χ0n) is 21.9. The summed E-state index contributed by atoms with van der Waals surface area (Å²) in [6.45, 7) is 0. The maximum Gasteiger partial charge on any atom is 0.137 e. The van der Waals surface area contributed by atoms with Gasteiger partial charge in [-0.05, 0) is 71.8 Å². The molecule has 6 aromatic heterocycles. The largest absolute Gasteiger partial charge is 0.298 e. The van der Waals surface area contributed by atoms with Crippen LogP contribution in [0.25, 0.3) is 72.7 Å². The van der Waals surface area contributed by atoms with Gasteiger partial charge in [-0.3, -0.25) is 14.4 Å². The first-order chi connectivity index (χ1) is 20.3. The summed E-state index contributed by atoms with van der Waals surface area (Å²) in [5.74, 6) is 0. The summed E-state index contributed by atoms with van der Waals surface area (Å²) >= 11 is 0. The Kier molecular flexibility index (Phi) is 5.35. The van der Waals surface area contributed by atoms with Gasteiger partial charge in [-0.1, -0.05) is 54.6 Å². The second-order valence-corrected chi connectivity index (χ2v) is 9.85. The van der Waals surface area contributed by atoms with E-state index in [2.05, 4.69) is 63.0 Å². The van der Waals surface area contributed by atoms with E-state index in [0.29, 0.717) is 0 Å². The van der Waals surface area contributed by atoms with E-state index in [-0.39, 0.29) is 0 Å². The lowest BCUT2D eigenvalue weighted by Crippen LogP contribution is -1.95. The lowest BCUT2D eigenvalue weighted by Gasteiger charge is -2.12. The third-order valence-electron chi connectivity index (χ3n) is 7.29. The van der Waals surface area contributed by atoms with Gasteiger partial charge in [0.15, 0.2) is 0 Å². The summed E-state index contributed by atoms with van der Waals surface area (Å²) in [4.78, 5) is 24.2. The molecule has 0 aliphatic carbocycles. The van der Waals surface area contributed by atoms with Gasteiger partial charge in [-0.15, -0.1) is 0 Å². The smallest absolute Gasteiger partial charge is 0.137 e. The number of hydrogen-bond donors (Lipinski definition) is 0. The molecule has 0 saturated heterocycles. The predicted molar refractivity (Wildman–Crippen MR) is 163 cm³/mol. The quantitative estimate of drug-likeness (QED) is 0.233. The van der Waals surface area contributed by atoms with Crippen LogP contribution in [0.15, 0.2) is 134 Å². The van der Waals surface area contributed by atoms with Crippen LogP contribution in [0.3, 0.4) is 0 Å². The van der Waals surface area contributed by atoms with Crippen LogP contribution in [0.4, 0.5) is 0 Å². The van der Waals surface area contributed by atoms with Crippen LogP contribution in [-0.2, 0) is 0 Å². The first kappa shape index (κ1) is 23.2. The average Bonchev–Trinajstić information content (AvgIpc) is 3.45. The first-order valence-corrected chi connectivity index (χ1v) is 13.4. The average molecular weight is 527 g/mol. The molecule has 0 atom stereocenters. The zero-order valence-corrected chi connectivity index (χ0v) is 21.9. The van der Waals surface area contributed by atoms with E-state index in [0.717, 1.165) is 72.7 Å². The Hall–Kier alpha value is -5.75. The Balaban J connectivity index is 1.36. The topological polar surface area (TPSA) is 68.9 Å². The van der Waals surface area contributed by atoms with E-state index >= 15 is 0 Å². The van der Waals surface area contributed by atoms with Crippen molar-refractivity contribution in [2.45, 2.75) is 0 Å². The fourth-order valence-corrected chi connectivity index (χ4v) is 5.39. The number of imidazole rings is 1. The van der Waals surface area contributed by atoms with Crippen LogP contribution < -0.4 is 0 Å². The molecule has 0 radical (unpaired) electrons. The van der Waals surface area contributed by atoms with Gasteiger partial charge >= 0.3 is 0 Å². The molecule has 8 rings (SSSR count). The maximum atomic E-state index is 5.17. The van der Waals surface area contributed by atoms with Crippen molar-refractivity contribution in [2.75, 3.05) is 0 Å². The van der Waals surface area contributed by atoms with Crippen LogP contribution in [0, 0.1) is 0 Å². The number of hydrogen-bond acceptors (Lipinski definition) is 5. The highest BCUT2D eigenvalue weighted by Gasteiger charge is 2.17. The Bertz CT molecular complexity index is 2150. The van der Waals surface area contributed by atoms with Crippen LogP contribution in [0.5, 0.6) is 0 Å². The van der Waals surface area contributed by atoms with E-state index in [9.17, 15) is 0 Å². The second-order valence-electron chi connectivity index (χ2n) is 9.85. The Morgan fingerprint density at radius 1 is 0.488 bits per heavy atom. The van der Waals surface area contributed by atoms with Crippen molar-refractivity contribution in [3.63, 3.8) is 0 Å². The minimum absolute atomic E-state index is 0.794. The Morgan fingerprint density at radius 3 is 1.95 bits per heavy atom. The molecule has 6 heterocycles. The fourth-order valence-electron chi connectivity index (χ4n) is 5.39. The first-order valence-electron chi connectivity index (χ1n) is 13.4. The molecular weight excluding hydrogens is 504 g/mol. The molecule has 0 spiro atoms. The molecule has 41 heavy (non-hydrogen) atoms. The summed E-state index contributed by atoms with van der Waals surface area (Å²) in [5, 5.41) is 1.04. The van der Waals surface area contributed by atoms with E-state index < -0.39 is 0 Å². The van der Waals surface area contributed by atoms with Crippen molar-refractivity contribution < 1.29 is 0 Å². The van der Waals surface area contributed by atoms with Gasteiger partial charge in [0.25, 0.3) is 0 Å². The molecule has 0 amide bonds. The van der Waals surface area contributed by atoms with Crippen molar-refractivity contribution in [1.29, 1.82) is 0 Å². The number of aromatic nitrogens is 6. The molecule has 0 aliphatic rings. The Labute approximate surface area is 235 Å². The molecule has 2 aromatic carbocycles. The molecule has 8 aromatic rings. The fraction of sp³-hybridized carbons (Fsp3) is 0. The number of rotatable bonds is 4. The minimum atomic E-state index is 0.794. The number of benzene rings is 2. The van der Waals surface area contributed by atoms with Gasteiger partial charge in [0, 0.05) is 29.5 Å². The molecule has 0 saturated carbocycles. The van der Waals surface area contributed by atoms with Gasteiger partial charge in [0.05, 0.1) is 39.5 Å². The monoisotopic (exact) mass is 526 g/mol. The number of nitrogens with zero attached hydrogens (tertiary/aromatic N) is 6. The van der Waals surface area contributed by atoms with E-state index in [1.54, 1.807) is 12.4 Å². The molecule has 0 fully saturated rings. The van der Waals surface area contributed by atoms with E-state index in [1.807, 2.05) is 72.8 Å². The summed E-state index contributed by atoms with van der Waals surface area (Å²) in [6.07, 6.45) is 5.63. The molecule has 0 aliphatic heterocycles. The molecule has 6 nitrogen and oxygen atoms in total. The van der Waals surface area contributed by atoms with Crippen LogP contribution in [0.2, 0.25) is 0 Å². The predicted octanol–water partition coefficient (Wildman–Crippen LogP) is 7.89. The highest BCUT2D eigenvalue weighted by molar-refractivity contribution is 6.09. The number of para-hydroxylation sites is 1. The van der Waals surface area contributed by atoms with Crippen LogP contribution in [0.1, 0.15) is 0 Å². The molecule has 6 heteroatoms. The molecule has 192 valence electrons. The van der Waals surface area contributed by atoms with Crippen molar-refractivity contribution in [2.24, 2.45) is 0 Å². The van der Waals surface area contributed by atoms with E-state index in [4.69, 9.17) is 15.0 Å². The number of pyridine rings is 5. The van der Waals surface area contributed by atoms with Crippen molar-refractivity contribution in [3.05, 3.63) is 134 Å². The van der Waals surface area contributed by atoms with Gasteiger partial charge < -0.3 is 0 Å². The highest BCUT2D eigenvalue weighted by atomic mass is 15.0. The van der Waals surface area contributed by atoms with Gasteiger partial charge in [-0.25, -0.2) is 15.0 Å². The molecule has 0 unspecified atom stereocenters. The van der Waals surface area contributed by atoms with Crippen LogP contribution in [-0.4, -0.2) is 29.3 Å². The lowest BCUT2D eigenvalue weighted by molar-refractivity contribution is 1.22. The molecule has 0 N–H and O–H groups in total.